The summed E-state index contributed by atoms with van der Waals surface area (Å²) in [6.45, 7) is 0. The first-order valence-corrected chi connectivity index (χ1v) is 4.75. The van der Waals surface area contributed by atoms with E-state index in [4.69, 9.17) is 0 Å². The Bertz CT molecular complexity index is 362. The van der Waals surface area contributed by atoms with Gasteiger partial charge in [-0.1, -0.05) is 0 Å². The predicted molar refractivity (Wildman–Crippen MR) is 50.0 cm³/mol. The number of hydrogen-bond acceptors (Lipinski definition) is 5. The van der Waals surface area contributed by atoms with Crippen molar-refractivity contribution in [2.75, 3.05) is 7.11 Å². The number of halogens is 1. The maximum atomic E-state index is 11.0. The van der Waals surface area contributed by atoms with Crippen molar-refractivity contribution in [3.05, 3.63) is 24.8 Å². The highest BCUT2D eigenvalue weighted by molar-refractivity contribution is 9.10. The molecule has 0 atom stereocenters. The van der Waals surface area contributed by atoms with Crippen LogP contribution in [0.25, 0.3) is 0 Å². The van der Waals surface area contributed by atoms with Crippen LogP contribution in [0.1, 0.15) is 9.67 Å². The Morgan fingerprint density at radius 2 is 2.38 bits per heavy atom. The average molecular weight is 266 g/mol. The average Bonchev–Trinajstić information content (AvgIpc) is 2.45. The van der Waals surface area contributed by atoms with Gasteiger partial charge in [0.1, 0.15) is 4.47 Å². The van der Waals surface area contributed by atoms with Gasteiger partial charge >= 0.3 is 11.7 Å². The van der Waals surface area contributed by atoms with Crippen molar-refractivity contribution in [1.29, 1.82) is 0 Å². The molecule has 0 amide bonds. The monoisotopic (exact) mass is 265 g/mol. The molecule has 0 fully saturated rings. The molecule has 1 heterocycles. The smallest absolute Gasteiger partial charge is 0.355 e. The molecule has 0 bridgehead atoms. The third-order valence-corrected chi connectivity index (χ3v) is 3.13. The molecular formula is C6H4BrNO4S. The fourth-order valence-electron chi connectivity index (χ4n) is 0.738. The molecule has 1 rings (SSSR count). The van der Waals surface area contributed by atoms with Crippen molar-refractivity contribution in [2.45, 2.75) is 0 Å². The highest BCUT2D eigenvalue weighted by atomic mass is 79.9. The van der Waals surface area contributed by atoms with Crippen molar-refractivity contribution in [3.63, 3.8) is 0 Å². The fraction of sp³-hybridized carbons (Fsp3) is 0.167. The maximum absolute atomic E-state index is 11.0. The second kappa shape index (κ2) is 3.84. The van der Waals surface area contributed by atoms with Crippen molar-refractivity contribution in [3.8, 4) is 0 Å². The van der Waals surface area contributed by atoms with E-state index in [0.29, 0.717) is 4.47 Å². The summed E-state index contributed by atoms with van der Waals surface area (Å²) in [5.74, 6) is -0.692. The van der Waals surface area contributed by atoms with Crippen LogP contribution < -0.4 is 0 Å². The zero-order valence-corrected chi connectivity index (χ0v) is 8.85. The van der Waals surface area contributed by atoms with Crippen molar-refractivity contribution in [1.82, 2.24) is 0 Å². The van der Waals surface area contributed by atoms with Crippen LogP contribution in [0.4, 0.5) is 5.69 Å². The Labute approximate surface area is 85.6 Å². The van der Waals surface area contributed by atoms with E-state index in [0.717, 1.165) is 11.3 Å². The standard InChI is InChI=1S/C6H4BrNO4S/c1-12-6(9)5-4(8(10)11)3(7)2-13-5/h2H,1H3. The van der Waals surface area contributed by atoms with E-state index in [1.807, 2.05) is 0 Å². The van der Waals surface area contributed by atoms with Crippen LogP contribution in [0.15, 0.2) is 9.85 Å². The zero-order chi connectivity index (χ0) is 10.0. The normalized spacial score (nSPS) is 9.69. The lowest BCUT2D eigenvalue weighted by Crippen LogP contribution is -2.01. The Morgan fingerprint density at radius 1 is 1.77 bits per heavy atom. The molecular weight excluding hydrogens is 262 g/mol. The number of nitrogens with zero attached hydrogens (tertiary/aromatic N) is 1. The van der Waals surface area contributed by atoms with E-state index in [9.17, 15) is 14.9 Å². The van der Waals surface area contributed by atoms with Crippen LogP contribution in [-0.4, -0.2) is 18.0 Å². The number of nitro groups is 1. The summed E-state index contributed by atoms with van der Waals surface area (Å²) in [5.41, 5.74) is -0.239. The number of esters is 1. The Morgan fingerprint density at radius 3 is 2.85 bits per heavy atom. The van der Waals surface area contributed by atoms with Crippen LogP contribution in [0.2, 0.25) is 0 Å². The Hall–Kier alpha value is -0.950. The molecule has 1 aromatic rings. The first kappa shape index (κ1) is 10.1. The third-order valence-electron chi connectivity index (χ3n) is 1.27. The van der Waals surface area contributed by atoms with Crippen LogP contribution in [0.5, 0.6) is 0 Å². The maximum Gasteiger partial charge on any atom is 0.355 e. The van der Waals surface area contributed by atoms with Gasteiger partial charge in [0.05, 0.1) is 12.0 Å². The number of rotatable bonds is 2. The van der Waals surface area contributed by atoms with Gasteiger partial charge in [-0.25, -0.2) is 4.79 Å². The van der Waals surface area contributed by atoms with Gasteiger partial charge in [-0.15, -0.1) is 11.3 Å². The quantitative estimate of drug-likeness (QED) is 0.467. The molecule has 5 nitrogen and oxygen atoms in total. The first-order valence-electron chi connectivity index (χ1n) is 3.07. The largest absolute Gasteiger partial charge is 0.465 e. The number of thiophene rings is 1. The Kier molecular flexibility index (Phi) is 2.99. The summed E-state index contributed by atoms with van der Waals surface area (Å²) in [5, 5.41) is 12.0. The molecule has 0 aromatic carbocycles. The molecule has 0 radical (unpaired) electrons. The topological polar surface area (TPSA) is 69.4 Å². The van der Waals surface area contributed by atoms with E-state index in [1.54, 1.807) is 0 Å². The molecule has 1 aromatic heterocycles. The van der Waals surface area contributed by atoms with E-state index < -0.39 is 10.9 Å². The molecule has 7 heteroatoms. The van der Waals surface area contributed by atoms with Crippen molar-refractivity contribution in [2.24, 2.45) is 0 Å². The van der Waals surface area contributed by atoms with Gasteiger partial charge < -0.3 is 4.74 Å². The molecule has 0 saturated heterocycles. The Balaban J connectivity index is 3.22. The minimum Gasteiger partial charge on any atom is -0.465 e. The van der Waals surface area contributed by atoms with Crippen LogP contribution >= 0.6 is 27.3 Å². The molecule has 13 heavy (non-hydrogen) atoms. The molecule has 70 valence electrons. The van der Waals surface area contributed by atoms with Gasteiger partial charge in [-0.2, -0.15) is 0 Å². The van der Waals surface area contributed by atoms with Crippen molar-refractivity contribution >= 4 is 38.9 Å². The lowest BCUT2D eigenvalue weighted by molar-refractivity contribution is -0.385. The second-order valence-electron chi connectivity index (χ2n) is 2.01. The summed E-state index contributed by atoms with van der Waals surface area (Å²) >= 11 is 3.95. The van der Waals surface area contributed by atoms with Crippen LogP contribution in [0, 0.1) is 10.1 Å². The van der Waals surface area contributed by atoms with Gasteiger partial charge in [-0.3, -0.25) is 10.1 Å². The highest BCUT2D eigenvalue weighted by Gasteiger charge is 2.26. The highest BCUT2D eigenvalue weighted by Crippen LogP contribution is 2.34. The predicted octanol–water partition coefficient (Wildman–Crippen LogP) is 2.21. The number of carbonyl (C=O) groups is 1. The molecule has 0 saturated carbocycles. The second-order valence-corrected chi connectivity index (χ2v) is 3.74. The van der Waals surface area contributed by atoms with Crippen LogP contribution in [0.3, 0.4) is 0 Å². The van der Waals surface area contributed by atoms with E-state index in [1.165, 1.54) is 12.5 Å². The van der Waals surface area contributed by atoms with Crippen molar-refractivity contribution < 1.29 is 14.5 Å². The summed E-state index contributed by atoms with van der Waals surface area (Å²) in [7, 11) is 1.18. The fourth-order valence-corrected chi connectivity index (χ4v) is 2.30. The number of ether oxygens (including phenoxy) is 1. The summed E-state index contributed by atoms with van der Waals surface area (Å²) in [6, 6.07) is 0. The van der Waals surface area contributed by atoms with E-state index >= 15 is 0 Å². The minimum absolute atomic E-state index is 0.000579. The molecule has 0 spiro atoms. The first-order chi connectivity index (χ1) is 6.07. The van der Waals surface area contributed by atoms with E-state index in [-0.39, 0.29) is 10.6 Å². The number of methoxy groups -OCH3 is 1. The lowest BCUT2D eigenvalue weighted by Gasteiger charge is -1.94. The summed E-state index contributed by atoms with van der Waals surface area (Å²) in [6.07, 6.45) is 0. The lowest BCUT2D eigenvalue weighted by atomic mass is 10.4. The third kappa shape index (κ3) is 1.86. The van der Waals surface area contributed by atoms with Gasteiger partial charge in [-0.05, 0) is 15.9 Å². The zero-order valence-electron chi connectivity index (χ0n) is 6.44. The van der Waals surface area contributed by atoms with Gasteiger partial charge in [0.2, 0.25) is 0 Å². The minimum atomic E-state index is -0.692. The summed E-state index contributed by atoms with van der Waals surface area (Å²) in [4.78, 5) is 20.9. The number of hydrogen-bond donors (Lipinski definition) is 0. The summed E-state index contributed by atoms with van der Waals surface area (Å²) < 4.78 is 4.68. The molecule has 0 N–H and O–H groups in total. The van der Waals surface area contributed by atoms with Gasteiger partial charge in [0, 0.05) is 5.38 Å². The number of carbonyl (C=O) groups excluding carboxylic acids is 1. The van der Waals surface area contributed by atoms with Gasteiger partial charge in [0.25, 0.3) is 0 Å². The molecule has 0 unspecified atom stereocenters. The SMILES string of the molecule is COC(=O)c1scc(Br)c1[N+](=O)[O-]. The van der Waals surface area contributed by atoms with Crippen LogP contribution in [-0.2, 0) is 4.74 Å². The molecule has 0 aliphatic rings. The molecule has 0 aliphatic carbocycles. The molecule has 0 aliphatic heterocycles. The van der Waals surface area contributed by atoms with E-state index in [2.05, 4.69) is 20.7 Å². The van der Waals surface area contributed by atoms with Gasteiger partial charge in [0.15, 0.2) is 4.88 Å².